The van der Waals surface area contributed by atoms with Crippen LogP contribution in [0.1, 0.15) is 29.2 Å². The van der Waals surface area contributed by atoms with Gasteiger partial charge in [0.05, 0.1) is 5.71 Å². The molecule has 4 heteroatoms. The lowest BCUT2D eigenvalue weighted by Crippen LogP contribution is -2.02. The van der Waals surface area contributed by atoms with Crippen LogP contribution in [0.2, 0.25) is 5.02 Å². The second-order valence-corrected chi connectivity index (χ2v) is 5.36. The average molecular weight is 303 g/mol. The predicted molar refractivity (Wildman–Crippen MR) is 87.5 cm³/mol. The van der Waals surface area contributed by atoms with Crippen molar-refractivity contribution in [1.29, 1.82) is 0 Å². The molecule has 0 saturated carbocycles. The molecule has 0 amide bonds. The van der Waals surface area contributed by atoms with Crippen molar-refractivity contribution in [3.05, 3.63) is 69.7 Å². The topological polar surface area (TPSA) is 47.6 Å². The fourth-order valence-corrected chi connectivity index (χ4v) is 2.21. The Labute approximate surface area is 130 Å². The van der Waals surface area contributed by atoms with E-state index in [2.05, 4.69) is 24.2 Å². The molecule has 2 N–H and O–H groups in total. The van der Waals surface area contributed by atoms with Gasteiger partial charge in [-0.25, -0.2) is 0 Å². The molecule has 0 radical (unpaired) electrons. The Morgan fingerprint density at radius 1 is 1.24 bits per heavy atom. The van der Waals surface area contributed by atoms with Gasteiger partial charge in [0.2, 0.25) is 0 Å². The Bertz CT molecular complexity index is 653. The number of benzene rings is 2. The maximum atomic E-state index is 6.05. The van der Waals surface area contributed by atoms with Gasteiger partial charge in [0, 0.05) is 11.6 Å². The summed E-state index contributed by atoms with van der Waals surface area (Å²) in [5, 5.41) is 4.83. The lowest BCUT2D eigenvalue weighted by molar-refractivity contribution is 0.130. The Morgan fingerprint density at radius 2 is 2.05 bits per heavy atom. The van der Waals surface area contributed by atoms with E-state index >= 15 is 0 Å². The van der Waals surface area contributed by atoms with Crippen LogP contribution in [0.3, 0.4) is 0 Å². The lowest BCUT2D eigenvalue weighted by Gasteiger charge is -2.06. The van der Waals surface area contributed by atoms with Crippen LogP contribution in [0.25, 0.3) is 0 Å². The molecule has 2 rings (SSSR count). The van der Waals surface area contributed by atoms with E-state index in [0.29, 0.717) is 18.2 Å². The Morgan fingerprint density at radius 3 is 2.76 bits per heavy atom. The van der Waals surface area contributed by atoms with Crippen molar-refractivity contribution >= 4 is 17.3 Å². The van der Waals surface area contributed by atoms with Crippen molar-refractivity contribution in [2.45, 2.75) is 27.0 Å². The van der Waals surface area contributed by atoms with Gasteiger partial charge in [-0.2, -0.15) is 0 Å². The Balaban J connectivity index is 2.04. The average Bonchev–Trinajstić information content (AvgIpc) is 2.47. The summed E-state index contributed by atoms with van der Waals surface area (Å²) in [4.78, 5) is 5.42. The number of nitrogens with zero attached hydrogens (tertiary/aromatic N) is 1. The first-order valence-electron chi connectivity index (χ1n) is 6.81. The predicted octanol–water partition coefficient (Wildman–Crippen LogP) is 4.05. The van der Waals surface area contributed by atoms with Crippen molar-refractivity contribution < 1.29 is 4.84 Å². The van der Waals surface area contributed by atoms with Crippen LogP contribution in [0, 0.1) is 6.92 Å². The normalized spacial score (nSPS) is 11.5. The summed E-state index contributed by atoms with van der Waals surface area (Å²) in [5.41, 5.74) is 10.6. The molecule has 21 heavy (non-hydrogen) atoms. The summed E-state index contributed by atoms with van der Waals surface area (Å²) in [6, 6.07) is 13.9. The monoisotopic (exact) mass is 302 g/mol. The molecule has 0 aliphatic heterocycles. The molecular weight excluding hydrogens is 284 g/mol. The quantitative estimate of drug-likeness (QED) is 0.669. The standard InChI is InChI=1S/C17H19ClN2O/c1-12-4-3-5-14(8-12)11-21-20-13(2)15-6-7-17(18)16(9-15)10-19/h3-9H,10-11,19H2,1-2H3. The molecule has 0 saturated heterocycles. The second-order valence-electron chi connectivity index (χ2n) is 4.95. The minimum absolute atomic E-state index is 0.407. The van der Waals surface area contributed by atoms with Crippen molar-refractivity contribution in [3.8, 4) is 0 Å². The molecule has 2 aromatic rings. The van der Waals surface area contributed by atoms with E-state index in [1.165, 1.54) is 5.56 Å². The minimum atomic E-state index is 0.407. The third-order valence-electron chi connectivity index (χ3n) is 3.20. The largest absolute Gasteiger partial charge is 0.391 e. The maximum absolute atomic E-state index is 6.05. The van der Waals surface area contributed by atoms with Crippen molar-refractivity contribution in [3.63, 3.8) is 0 Å². The van der Waals surface area contributed by atoms with Crippen LogP contribution >= 0.6 is 11.6 Å². The van der Waals surface area contributed by atoms with E-state index < -0.39 is 0 Å². The fourth-order valence-electron chi connectivity index (χ4n) is 2.01. The van der Waals surface area contributed by atoms with Crippen molar-refractivity contribution in [2.24, 2.45) is 10.9 Å². The van der Waals surface area contributed by atoms with Gasteiger partial charge in [0.15, 0.2) is 0 Å². The number of hydrogen-bond donors (Lipinski definition) is 1. The highest BCUT2D eigenvalue weighted by molar-refractivity contribution is 6.31. The summed E-state index contributed by atoms with van der Waals surface area (Å²) in [6.07, 6.45) is 0. The molecule has 0 aliphatic carbocycles. The fraction of sp³-hybridized carbons (Fsp3) is 0.235. The smallest absolute Gasteiger partial charge is 0.142 e. The molecule has 0 unspecified atom stereocenters. The summed E-state index contributed by atoms with van der Waals surface area (Å²) < 4.78 is 0. The first-order chi connectivity index (χ1) is 10.1. The maximum Gasteiger partial charge on any atom is 0.142 e. The number of halogens is 1. The lowest BCUT2D eigenvalue weighted by atomic mass is 10.1. The highest BCUT2D eigenvalue weighted by Gasteiger charge is 2.03. The molecule has 110 valence electrons. The molecule has 0 fully saturated rings. The first-order valence-corrected chi connectivity index (χ1v) is 7.19. The summed E-state index contributed by atoms with van der Waals surface area (Å²) >= 11 is 6.05. The molecule has 3 nitrogen and oxygen atoms in total. The molecule has 0 atom stereocenters. The molecule has 0 aromatic heterocycles. The van der Waals surface area contributed by atoms with Gasteiger partial charge in [0.25, 0.3) is 0 Å². The third kappa shape index (κ3) is 4.31. The van der Waals surface area contributed by atoms with E-state index in [9.17, 15) is 0 Å². The zero-order valence-electron chi connectivity index (χ0n) is 12.3. The highest BCUT2D eigenvalue weighted by atomic mass is 35.5. The van der Waals surface area contributed by atoms with Gasteiger partial charge in [-0.3, -0.25) is 0 Å². The zero-order valence-corrected chi connectivity index (χ0v) is 13.0. The van der Waals surface area contributed by atoms with Gasteiger partial charge in [0.1, 0.15) is 6.61 Å². The van der Waals surface area contributed by atoms with E-state index in [4.69, 9.17) is 22.2 Å². The summed E-state index contributed by atoms with van der Waals surface area (Å²) in [5.74, 6) is 0. The van der Waals surface area contributed by atoms with E-state index in [1.807, 2.05) is 37.3 Å². The third-order valence-corrected chi connectivity index (χ3v) is 3.57. The van der Waals surface area contributed by atoms with Crippen molar-refractivity contribution in [2.75, 3.05) is 0 Å². The molecule has 0 heterocycles. The van der Waals surface area contributed by atoms with Crippen LogP contribution in [-0.4, -0.2) is 5.71 Å². The molecular formula is C17H19ClN2O. The zero-order chi connectivity index (χ0) is 15.2. The van der Waals surface area contributed by atoms with Crippen LogP contribution in [0.5, 0.6) is 0 Å². The highest BCUT2D eigenvalue weighted by Crippen LogP contribution is 2.17. The van der Waals surface area contributed by atoms with Gasteiger partial charge < -0.3 is 10.6 Å². The number of nitrogens with two attached hydrogens (primary N) is 1. The first kappa shape index (κ1) is 15.5. The van der Waals surface area contributed by atoms with Gasteiger partial charge >= 0.3 is 0 Å². The van der Waals surface area contributed by atoms with Crippen LogP contribution in [0.15, 0.2) is 47.6 Å². The van der Waals surface area contributed by atoms with Crippen LogP contribution in [-0.2, 0) is 18.0 Å². The number of rotatable bonds is 5. The van der Waals surface area contributed by atoms with Gasteiger partial charge in [-0.15, -0.1) is 0 Å². The van der Waals surface area contributed by atoms with Crippen LogP contribution in [0.4, 0.5) is 0 Å². The summed E-state index contributed by atoms with van der Waals surface area (Å²) in [7, 11) is 0. The van der Waals surface area contributed by atoms with Crippen LogP contribution < -0.4 is 5.73 Å². The number of aryl methyl sites for hydroxylation is 1. The summed E-state index contributed by atoms with van der Waals surface area (Å²) in [6.45, 7) is 4.82. The molecule has 0 bridgehead atoms. The second kappa shape index (κ2) is 7.25. The molecule has 2 aromatic carbocycles. The number of oxime groups is 1. The number of hydrogen-bond acceptors (Lipinski definition) is 3. The van der Waals surface area contributed by atoms with Gasteiger partial charge in [-0.1, -0.05) is 52.7 Å². The SMILES string of the molecule is CC(=NOCc1cccc(C)c1)c1ccc(Cl)c(CN)c1. The minimum Gasteiger partial charge on any atom is -0.391 e. The van der Waals surface area contributed by atoms with Crippen molar-refractivity contribution in [1.82, 2.24) is 0 Å². The Hall–Kier alpha value is -1.84. The molecule has 0 aliphatic rings. The molecule has 0 spiro atoms. The van der Waals surface area contributed by atoms with Gasteiger partial charge in [-0.05, 0) is 42.7 Å². The van der Waals surface area contributed by atoms with E-state index in [0.717, 1.165) is 22.4 Å². The Kier molecular flexibility index (Phi) is 5.37. The van der Waals surface area contributed by atoms with E-state index in [1.54, 1.807) is 0 Å². The van der Waals surface area contributed by atoms with E-state index in [-0.39, 0.29) is 0 Å².